The molecule has 0 aromatic heterocycles. The van der Waals surface area contributed by atoms with Gasteiger partial charge in [-0.2, -0.15) is 13.2 Å². The molecular weight excluding hydrogens is 445 g/mol. The molecule has 1 aromatic carbocycles. The van der Waals surface area contributed by atoms with Crippen LogP contribution >= 0.6 is 0 Å². The van der Waals surface area contributed by atoms with Crippen LogP contribution < -0.4 is 15.4 Å². The minimum Gasteiger partial charge on any atom is -0.369 e. The lowest BCUT2D eigenvalue weighted by Gasteiger charge is -2.27. The number of hydrogen-bond donors (Lipinski definition) is 3. The van der Waals surface area contributed by atoms with Crippen molar-refractivity contribution in [3.05, 3.63) is 64.2 Å². The molecule has 1 fully saturated rings. The van der Waals surface area contributed by atoms with Crippen molar-refractivity contribution in [2.45, 2.75) is 37.5 Å². The van der Waals surface area contributed by atoms with Crippen molar-refractivity contribution >= 4 is 27.8 Å². The zero-order valence-electron chi connectivity index (χ0n) is 16.8. The smallest absolute Gasteiger partial charge is 0.369 e. The van der Waals surface area contributed by atoms with E-state index in [9.17, 15) is 26.4 Å². The summed E-state index contributed by atoms with van der Waals surface area (Å²) < 4.78 is 67.5. The van der Waals surface area contributed by atoms with Crippen LogP contribution in [0.4, 0.5) is 18.9 Å². The summed E-state index contributed by atoms with van der Waals surface area (Å²) in [5, 5.41) is 5.85. The number of aliphatic imine (C=N–C) groups is 1. The molecule has 2 heterocycles. The van der Waals surface area contributed by atoms with Crippen molar-refractivity contribution in [1.29, 1.82) is 0 Å². The molecule has 170 valence electrons. The number of anilines is 1. The lowest BCUT2D eigenvalue weighted by molar-refractivity contribution is -0.137. The second-order valence-electron chi connectivity index (χ2n) is 7.68. The Morgan fingerprint density at radius 2 is 2.00 bits per heavy atom. The molecule has 32 heavy (non-hydrogen) atoms. The molecule has 7 nitrogen and oxygen atoms in total. The Bertz CT molecular complexity index is 1150. The van der Waals surface area contributed by atoms with Gasteiger partial charge in [0, 0.05) is 24.5 Å². The number of benzene rings is 1. The molecule has 3 aliphatic rings. The van der Waals surface area contributed by atoms with Gasteiger partial charge in [-0.25, -0.2) is 8.42 Å². The van der Waals surface area contributed by atoms with Gasteiger partial charge in [0.15, 0.2) is 0 Å². The number of carbonyl (C=O) groups excluding carboxylic acids is 1. The largest absolute Gasteiger partial charge is 0.416 e. The Balaban J connectivity index is 1.65. The summed E-state index contributed by atoms with van der Waals surface area (Å²) in [6, 6.07) is 3.33. The summed E-state index contributed by atoms with van der Waals surface area (Å²) in [4.78, 5) is 16.4. The van der Waals surface area contributed by atoms with Gasteiger partial charge in [0.05, 0.1) is 11.3 Å². The maximum Gasteiger partial charge on any atom is 0.416 e. The highest BCUT2D eigenvalue weighted by atomic mass is 32.2. The summed E-state index contributed by atoms with van der Waals surface area (Å²) >= 11 is 0. The Hall–Kier alpha value is -3.08. The van der Waals surface area contributed by atoms with Crippen molar-refractivity contribution in [2.24, 2.45) is 4.99 Å². The molecule has 1 aliphatic carbocycles. The number of rotatable bonds is 6. The fourth-order valence-electron chi connectivity index (χ4n) is 3.35. The van der Waals surface area contributed by atoms with E-state index in [0.29, 0.717) is 18.5 Å². The first-order valence-corrected chi connectivity index (χ1v) is 11.5. The molecule has 1 saturated carbocycles. The molecule has 11 heteroatoms. The number of carbonyl (C=O) groups is 1. The van der Waals surface area contributed by atoms with Crippen LogP contribution in [0.25, 0.3) is 0 Å². The summed E-state index contributed by atoms with van der Waals surface area (Å²) in [6.45, 7) is 0.452. The van der Waals surface area contributed by atoms with Crippen molar-refractivity contribution in [3.8, 4) is 0 Å². The molecular formula is C21H21F3N4O3S. The number of nitrogens with one attached hydrogen (secondary N) is 3. The van der Waals surface area contributed by atoms with E-state index >= 15 is 0 Å². The number of dihydropyridines is 2. The maximum absolute atomic E-state index is 13.1. The molecule has 0 saturated heterocycles. The zero-order chi connectivity index (χ0) is 22.9. The lowest BCUT2D eigenvalue weighted by Crippen LogP contribution is -2.45. The molecule has 1 amide bonds. The minimum atomic E-state index is -4.60. The van der Waals surface area contributed by atoms with E-state index in [1.54, 1.807) is 12.3 Å². The molecule has 0 bridgehead atoms. The highest BCUT2D eigenvalue weighted by molar-refractivity contribution is 7.96. The van der Waals surface area contributed by atoms with E-state index in [-0.39, 0.29) is 28.2 Å². The van der Waals surface area contributed by atoms with Gasteiger partial charge in [0.1, 0.15) is 10.9 Å². The van der Waals surface area contributed by atoms with Crippen LogP contribution in [0.15, 0.2) is 63.7 Å². The van der Waals surface area contributed by atoms with Crippen LogP contribution in [0.5, 0.6) is 0 Å². The second-order valence-corrected chi connectivity index (χ2v) is 9.34. The Morgan fingerprint density at radius 3 is 2.66 bits per heavy atom. The molecule has 1 atom stereocenters. The molecule has 0 unspecified atom stereocenters. The zero-order valence-corrected chi connectivity index (χ0v) is 17.6. The van der Waals surface area contributed by atoms with Crippen molar-refractivity contribution in [2.75, 3.05) is 11.3 Å². The van der Waals surface area contributed by atoms with E-state index < -0.39 is 27.8 Å². The third kappa shape index (κ3) is 5.04. The highest BCUT2D eigenvalue weighted by Crippen LogP contribution is 2.32. The molecule has 0 spiro atoms. The number of allylic oxidation sites excluding steroid dienone is 3. The number of halogens is 3. The second kappa shape index (κ2) is 8.45. The van der Waals surface area contributed by atoms with Gasteiger partial charge in [0.25, 0.3) is 10.0 Å². The van der Waals surface area contributed by atoms with Crippen molar-refractivity contribution in [3.63, 3.8) is 0 Å². The molecule has 2 aliphatic heterocycles. The fourth-order valence-corrected chi connectivity index (χ4v) is 4.61. The first kappa shape index (κ1) is 22.1. The van der Waals surface area contributed by atoms with Gasteiger partial charge in [-0.3, -0.25) is 14.5 Å². The SMILES string of the molecule is O=C(NC1CC1)[C@H]1C=CC(S(=O)(=O)Nc2cccc(C(F)(F)F)c2)=C(C2=CC=NCC2)N1. The predicted molar refractivity (Wildman–Crippen MR) is 114 cm³/mol. The van der Waals surface area contributed by atoms with Gasteiger partial charge < -0.3 is 10.6 Å². The quantitative estimate of drug-likeness (QED) is 0.600. The van der Waals surface area contributed by atoms with Crippen molar-refractivity contribution in [1.82, 2.24) is 10.6 Å². The Morgan fingerprint density at radius 1 is 1.22 bits per heavy atom. The van der Waals surface area contributed by atoms with Gasteiger partial charge in [-0.05, 0) is 55.2 Å². The van der Waals surface area contributed by atoms with Crippen LogP contribution in [0.1, 0.15) is 24.8 Å². The van der Waals surface area contributed by atoms with Crippen LogP contribution in [0, 0.1) is 0 Å². The van der Waals surface area contributed by atoms with Crippen LogP contribution in [0.2, 0.25) is 0 Å². The number of hydrogen-bond acceptors (Lipinski definition) is 5. The molecule has 4 rings (SSSR count). The van der Waals surface area contributed by atoms with Crippen LogP contribution in [0.3, 0.4) is 0 Å². The number of alkyl halides is 3. The molecule has 0 radical (unpaired) electrons. The van der Waals surface area contributed by atoms with Gasteiger partial charge in [0.2, 0.25) is 5.91 Å². The average molecular weight is 466 g/mol. The summed E-state index contributed by atoms with van der Waals surface area (Å²) in [6.07, 6.45) is 3.61. The summed E-state index contributed by atoms with van der Waals surface area (Å²) in [5.41, 5.74) is -0.313. The van der Waals surface area contributed by atoms with Gasteiger partial charge >= 0.3 is 6.18 Å². The Labute approximate surface area is 183 Å². The number of amides is 1. The normalized spacial score (nSPS) is 21.1. The minimum absolute atomic E-state index is 0.138. The molecule has 3 N–H and O–H groups in total. The third-order valence-corrected chi connectivity index (χ3v) is 6.56. The van der Waals surface area contributed by atoms with E-state index in [1.807, 2.05) is 0 Å². The predicted octanol–water partition coefficient (Wildman–Crippen LogP) is 2.87. The summed E-state index contributed by atoms with van der Waals surface area (Å²) in [5.74, 6) is -0.270. The highest BCUT2D eigenvalue weighted by Gasteiger charge is 2.33. The maximum atomic E-state index is 13.1. The fraction of sp³-hybridized carbons (Fsp3) is 0.333. The van der Waals surface area contributed by atoms with E-state index in [1.165, 1.54) is 18.2 Å². The Kier molecular flexibility index (Phi) is 5.85. The standard InChI is InChI=1S/C21H21F3N4O3S/c22-21(23,24)14-2-1-3-16(12-14)28-32(30,31)18-7-6-17(20(29)26-15-4-5-15)27-19(18)13-8-10-25-11-9-13/h1-3,6-8,10,12,15,17,27-28H,4-5,9,11H2,(H,26,29)/t17-/m1/s1. The van der Waals surface area contributed by atoms with Crippen LogP contribution in [-0.2, 0) is 21.0 Å². The first-order valence-electron chi connectivity index (χ1n) is 10.0. The third-order valence-electron chi connectivity index (χ3n) is 5.14. The van der Waals surface area contributed by atoms with Crippen molar-refractivity contribution < 1.29 is 26.4 Å². The summed E-state index contributed by atoms with van der Waals surface area (Å²) in [7, 11) is -4.26. The van der Waals surface area contributed by atoms with E-state index in [0.717, 1.165) is 31.0 Å². The van der Waals surface area contributed by atoms with E-state index in [2.05, 4.69) is 20.3 Å². The number of nitrogens with zero attached hydrogens (tertiary/aromatic N) is 1. The van der Waals surface area contributed by atoms with Gasteiger partial charge in [-0.1, -0.05) is 12.1 Å². The van der Waals surface area contributed by atoms with Gasteiger partial charge in [-0.15, -0.1) is 0 Å². The lowest BCUT2D eigenvalue weighted by atomic mass is 10.0. The number of sulfonamides is 1. The first-order chi connectivity index (χ1) is 15.1. The molecule has 1 aromatic rings. The van der Waals surface area contributed by atoms with Crippen LogP contribution in [-0.4, -0.2) is 39.2 Å². The topological polar surface area (TPSA) is 99.7 Å². The van der Waals surface area contributed by atoms with E-state index in [4.69, 9.17) is 0 Å². The average Bonchev–Trinajstić information content (AvgIpc) is 3.57. The monoisotopic (exact) mass is 466 g/mol.